The molecule has 0 heterocycles. The van der Waals surface area contributed by atoms with Crippen molar-refractivity contribution < 1.29 is 4.74 Å². The van der Waals surface area contributed by atoms with Gasteiger partial charge in [0, 0.05) is 42.9 Å². The summed E-state index contributed by atoms with van der Waals surface area (Å²) in [6.45, 7) is 10.2. The van der Waals surface area contributed by atoms with Gasteiger partial charge < -0.3 is 15.0 Å². The van der Waals surface area contributed by atoms with Crippen molar-refractivity contribution in [2.24, 2.45) is 0 Å². The number of hydrogen-bond acceptors (Lipinski definition) is 3. The van der Waals surface area contributed by atoms with E-state index < -0.39 is 0 Å². The molecule has 0 aliphatic rings. The monoisotopic (exact) mass is 342 g/mol. The van der Waals surface area contributed by atoms with Crippen molar-refractivity contribution >= 4 is 21.6 Å². The molecule has 0 amide bonds. The molecule has 0 saturated carbocycles. The summed E-state index contributed by atoms with van der Waals surface area (Å²) >= 11 is 3.69. The number of methoxy groups -OCH3 is 1. The van der Waals surface area contributed by atoms with Gasteiger partial charge in [0.1, 0.15) is 0 Å². The van der Waals surface area contributed by atoms with E-state index in [4.69, 9.17) is 4.74 Å². The van der Waals surface area contributed by atoms with Gasteiger partial charge in [-0.25, -0.2) is 0 Å². The molecule has 0 fully saturated rings. The van der Waals surface area contributed by atoms with Crippen molar-refractivity contribution in [3.63, 3.8) is 0 Å². The van der Waals surface area contributed by atoms with E-state index in [2.05, 4.69) is 65.1 Å². The van der Waals surface area contributed by atoms with E-state index in [-0.39, 0.29) is 0 Å². The minimum absolute atomic E-state index is 0.567. The molecule has 1 aromatic rings. The molecule has 1 unspecified atom stereocenters. The van der Waals surface area contributed by atoms with Gasteiger partial charge >= 0.3 is 0 Å². The number of benzene rings is 1. The Morgan fingerprint density at radius 3 is 2.65 bits per heavy atom. The lowest BCUT2D eigenvalue weighted by Crippen LogP contribution is -2.32. The first kappa shape index (κ1) is 17.5. The lowest BCUT2D eigenvalue weighted by Gasteiger charge is -2.30. The van der Waals surface area contributed by atoms with Crippen molar-refractivity contribution in [2.45, 2.75) is 39.8 Å². The first-order valence-electron chi connectivity index (χ1n) is 7.38. The summed E-state index contributed by atoms with van der Waals surface area (Å²) in [5.41, 5.74) is 2.57. The van der Waals surface area contributed by atoms with Crippen LogP contribution in [0.2, 0.25) is 0 Å². The highest BCUT2D eigenvalue weighted by molar-refractivity contribution is 9.10. The van der Waals surface area contributed by atoms with E-state index in [9.17, 15) is 0 Å². The van der Waals surface area contributed by atoms with Gasteiger partial charge in [0.05, 0.1) is 6.61 Å². The molecule has 1 atom stereocenters. The Kier molecular flexibility index (Phi) is 8.19. The number of anilines is 1. The second kappa shape index (κ2) is 9.37. The first-order chi connectivity index (χ1) is 9.63. The summed E-state index contributed by atoms with van der Waals surface area (Å²) in [4.78, 5) is 2.44. The Morgan fingerprint density at radius 2 is 2.10 bits per heavy atom. The standard InChI is InChI=1S/C16H27BrN2O/c1-5-13(3)19(6-2)15-8-7-14(16(17)11-15)12-18-9-10-20-4/h7-8,11,13,18H,5-6,9-10,12H2,1-4H3. The number of ether oxygens (including phenoxy) is 1. The molecule has 0 saturated heterocycles. The van der Waals surface area contributed by atoms with Crippen LogP contribution in [0.4, 0.5) is 5.69 Å². The van der Waals surface area contributed by atoms with Crippen LogP contribution in [-0.4, -0.2) is 32.8 Å². The number of halogens is 1. The van der Waals surface area contributed by atoms with Gasteiger partial charge in [-0.1, -0.05) is 28.9 Å². The molecule has 0 aliphatic heterocycles. The summed E-state index contributed by atoms with van der Waals surface area (Å²) in [5, 5.41) is 3.37. The fraction of sp³-hybridized carbons (Fsp3) is 0.625. The van der Waals surface area contributed by atoms with Gasteiger partial charge in [0.2, 0.25) is 0 Å². The zero-order valence-electron chi connectivity index (χ0n) is 13.1. The maximum Gasteiger partial charge on any atom is 0.0587 e. The second-order valence-corrected chi connectivity index (χ2v) is 5.84. The molecule has 4 heteroatoms. The first-order valence-corrected chi connectivity index (χ1v) is 8.18. The number of rotatable bonds is 9. The molecular formula is C16H27BrN2O. The van der Waals surface area contributed by atoms with E-state index in [0.29, 0.717) is 6.04 Å². The van der Waals surface area contributed by atoms with Crippen LogP contribution in [0.3, 0.4) is 0 Å². The molecule has 0 aliphatic carbocycles. The fourth-order valence-electron chi connectivity index (χ4n) is 2.22. The van der Waals surface area contributed by atoms with Gasteiger partial charge in [-0.05, 0) is 38.0 Å². The quantitative estimate of drug-likeness (QED) is 0.690. The molecule has 0 radical (unpaired) electrons. The molecule has 3 nitrogen and oxygen atoms in total. The Labute approximate surface area is 131 Å². The SMILES string of the molecule is CCC(C)N(CC)c1ccc(CNCCOC)c(Br)c1. The van der Waals surface area contributed by atoms with Gasteiger partial charge in [0.25, 0.3) is 0 Å². The maximum atomic E-state index is 5.03. The largest absolute Gasteiger partial charge is 0.383 e. The molecule has 0 spiro atoms. The van der Waals surface area contributed by atoms with Crippen LogP contribution in [0.1, 0.15) is 32.8 Å². The lowest BCUT2D eigenvalue weighted by molar-refractivity contribution is 0.199. The molecule has 1 N–H and O–H groups in total. The van der Waals surface area contributed by atoms with Crippen molar-refractivity contribution in [1.29, 1.82) is 0 Å². The average molecular weight is 343 g/mol. The highest BCUT2D eigenvalue weighted by atomic mass is 79.9. The predicted molar refractivity (Wildman–Crippen MR) is 90.5 cm³/mol. The molecule has 114 valence electrons. The summed E-state index contributed by atoms with van der Waals surface area (Å²) in [7, 11) is 1.72. The minimum atomic E-state index is 0.567. The van der Waals surface area contributed by atoms with Gasteiger partial charge in [0.15, 0.2) is 0 Å². The Bertz CT molecular complexity index is 398. The van der Waals surface area contributed by atoms with Gasteiger partial charge in [-0.3, -0.25) is 0 Å². The molecule has 0 aromatic heterocycles. The lowest BCUT2D eigenvalue weighted by atomic mass is 10.1. The zero-order chi connectivity index (χ0) is 15.0. The predicted octanol–water partition coefficient (Wildman–Crippen LogP) is 3.81. The number of nitrogens with one attached hydrogen (secondary N) is 1. The smallest absolute Gasteiger partial charge is 0.0587 e. The van der Waals surface area contributed by atoms with Crippen molar-refractivity contribution in [3.05, 3.63) is 28.2 Å². The Morgan fingerprint density at radius 1 is 1.35 bits per heavy atom. The number of nitrogens with zero attached hydrogens (tertiary/aromatic N) is 1. The van der Waals surface area contributed by atoms with E-state index in [1.54, 1.807) is 7.11 Å². The maximum absolute atomic E-state index is 5.03. The highest BCUT2D eigenvalue weighted by Crippen LogP contribution is 2.26. The van der Waals surface area contributed by atoms with Crippen LogP contribution >= 0.6 is 15.9 Å². The van der Waals surface area contributed by atoms with Crippen LogP contribution in [0.25, 0.3) is 0 Å². The number of hydrogen-bond donors (Lipinski definition) is 1. The third-order valence-electron chi connectivity index (χ3n) is 3.63. The Balaban J connectivity index is 2.71. The normalized spacial score (nSPS) is 12.4. The fourth-order valence-corrected chi connectivity index (χ4v) is 2.73. The summed E-state index contributed by atoms with van der Waals surface area (Å²) in [6.07, 6.45) is 1.16. The third-order valence-corrected chi connectivity index (χ3v) is 4.37. The molecule has 20 heavy (non-hydrogen) atoms. The second-order valence-electron chi connectivity index (χ2n) is 4.99. The van der Waals surface area contributed by atoms with Crippen molar-refractivity contribution in [2.75, 3.05) is 31.7 Å². The van der Waals surface area contributed by atoms with Crippen LogP contribution in [0, 0.1) is 0 Å². The van der Waals surface area contributed by atoms with E-state index in [1.807, 2.05) is 0 Å². The average Bonchev–Trinajstić information content (AvgIpc) is 2.46. The summed E-state index contributed by atoms with van der Waals surface area (Å²) in [5.74, 6) is 0. The molecule has 1 rings (SSSR count). The minimum Gasteiger partial charge on any atom is -0.383 e. The third kappa shape index (κ3) is 5.08. The Hall–Kier alpha value is -0.580. The molecule has 1 aromatic carbocycles. The molecular weight excluding hydrogens is 316 g/mol. The van der Waals surface area contributed by atoms with E-state index in [1.165, 1.54) is 15.7 Å². The summed E-state index contributed by atoms with van der Waals surface area (Å²) < 4.78 is 6.20. The highest BCUT2D eigenvalue weighted by Gasteiger charge is 2.12. The topological polar surface area (TPSA) is 24.5 Å². The van der Waals surface area contributed by atoms with Crippen LogP contribution in [0.15, 0.2) is 22.7 Å². The summed E-state index contributed by atoms with van der Waals surface area (Å²) in [6, 6.07) is 7.21. The van der Waals surface area contributed by atoms with E-state index in [0.717, 1.165) is 32.7 Å². The van der Waals surface area contributed by atoms with Crippen LogP contribution < -0.4 is 10.2 Å². The molecule has 0 bridgehead atoms. The van der Waals surface area contributed by atoms with Crippen molar-refractivity contribution in [1.82, 2.24) is 5.32 Å². The van der Waals surface area contributed by atoms with Gasteiger partial charge in [-0.2, -0.15) is 0 Å². The van der Waals surface area contributed by atoms with Crippen LogP contribution in [0.5, 0.6) is 0 Å². The van der Waals surface area contributed by atoms with E-state index >= 15 is 0 Å². The van der Waals surface area contributed by atoms with Gasteiger partial charge in [-0.15, -0.1) is 0 Å². The zero-order valence-corrected chi connectivity index (χ0v) is 14.7. The van der Waals surface area contributed by atoms with Crippen LogP contribution in [-0.2, 0) is 11.3 Å². The van der Waals surface area contributed by atoms with Crippen molar-refractivity contribution in [3.8, 4) is 0 Å².